The minimum Gasteiger partial charge on any atom is -0.340 e. The van der Waals surface area contributed by atoms with Gasteiger partial charge in [0.1, 0.15) is 11.9 Å². The van der Waals surface area contributed by atoms with E-state index in [9.17, 15) is 14.0 Å². The maximum Gasteiger partial charge on any atom is 0.254 e. The van der Waals surface area contributed by atoms with Gasteiger partial charge in [-0.2, -0.15) is 0 Å². The summed E-state index contributed by atoms with van der Waals surface area (Å²) in [5.41, 5.74) is -0.0301. The highest BCUT2D eigenvalue weighted by atomic mass is 19.1. The number of carbonyl (C=O) groups is 2. The van der Waals surface area contributed by atoms with Gasteiger partial charge in [-0.25, -0.2) is 4.39 Å². The van der Waals surface area contributed by atoms with E-state index in [1.165, 1.54) is 24.6 Å². The van der Waals surface area contributed by atoms with Crippen LogP contribution in [0.4, 0.5) is 4.39 Å². The summed E-state index contributed by atoms with van der Waals surface area (Å²) >= 11 is 0. The van der Waals surface area contributed by atoms with Crippen LogP contribution in [0, 0.1) is 11.7 Å². The van der Waals surface area contributed by atoms with Gasteiger partial charge in [-0.15, -0.1) is 0 Å². The lowest BCUT2D eigenvalue weighted by molar-refractivity contribution is -0.134. The highest BCUT2D eigenvalue weighted by Gasteiger charge is 2.35. The largest absolute Gasteiger partial charge is 0.340 e. The molecule has 0 aliphatic carbocycles. The molecule has 1 aromatic carbocycles. The Bertz CT molecular complexity index is 649. The summed E-state index contributed by atoms with van der Waals surface area (Å²) in [5.74, 6) is -1.27. The molecule has 1 aromatic rings. The SMILES string of the molecule is CC(C)C(NC(=O)c1ccccc1F)C(=O)N1CCC2CCC(C1)N2. The maximum atomic E-state index is 13.8. The van der Waals surface area contributed by atoms with Gasteiger partial charge in [-0.3, -0.25) is 9.59 Å². The van der Waals surface area contributed by atoms with E-state index in [1.54, 1.807) is 6.07 Å². The van der Waals surface area contributed by atoms with Crippen molar-refractivity contribution in [3.05, 3.63) is 35.6 Å². The molecule has 5 nitrogen and oxygen atoms in total. The van der Waals surface area contributed by atoms with Gasteiger partial charge in [0.05, 0.1) is 5.56 Å². The predicted octanol–water partition coefficient (Wildman–Crippen LogP) is 1.93. The number of amides is 2. The van der Waals surface area contributed by atoms with Crippen molar-refractivity contribution in [3.8, 4) is 0 Å². The Hall–Kier alpha value is -1.95. The number of carbonyl (C=O) groups excluding carboxylic acids is 2. The Morgan fingerprint density at radius 2 is 1.92 bits per heavy atom. The van der Waals surface area contributed by atoms with Gasteiger partial charge in [0, 0.05) is 25.2 Å². The molecule has 2 heterocycles. The number of hydrogen-bond donors (Lipinski definition) is 2. The second-order valence-electron chi connectivity index (χ2n) is 7.39. The predicted molar refractivity (Wildman–Crippen MR) is 93.6 cm³/mol. The third-order valence-corrected chi connectivity index (χ3v) is 5.17. The van der Waals surface area contributed by atoms with E-state index in [1.807, 2.05) is 18.7 Å². The maximum absolute atomic E-state index is 13.8. The van der Waals surface area contributed by atoms with Crippen LogP contribution < -0.4 is 10.6 Å². The van der Waals surface area contributed by atoms with Gasteiger partial charge in [-0.1, -0.05) is 26.0 Å². The van der Waals surface area contributed by atoms with Gasteiger partial charge in [0.2, 0.25) is 5.91 Å². The van der Waals surface area contributed by atoms with Crippen molar-refractivity contribution in [2.75, 3.05) is 13.1 Å². The zero-order valence-corrected chi connectivity index (χ0v) is 14.8. The van der Waals surface area contributed by atoms with E-state index >= 15 is 0 Å². The molecule has 0 saturated carbocycles. The Balaban J connectivity index is 1.71. The summed E-state index contributed by atoms with van der Waals surface area (Å²) < 4.78 is 13.8. The Morgan fingerprint density at radius 1 is 1.20 bits per heavy atom. The average molecular weight is 347 g/mol. The molecule has 0 radical (unpaired) electrons. The smallest absolute Gasteiger partial charge is 0.254 e. The standard InChI is InChI=1S/C19H26FN3O2/c1-12(2)17(22-18(24)15-5-3-4-6-16(15)20)19(25)23-10-9-13-7-8-14(11-23)21-13/h3-6,12-14,17,21H,7-11H2,1-2H3,(H,22,24). The molecule has 3 unspecified atom stereocenters. The van der Waals surface area contributed by atoms with Crippen LogP contribution in [0.25, 0.3) is 0 Å². The molecule has 2 bridgehead atoms. The topological polar surface area (TPSA) is 61.4 Å². The van der Waals surface area contributed by atoms with E-state index in [-0.39, 0.29) is 17.4 Å². The van der Waals surface area contributed by atoms with Gasteiger partial charge in [-0.05, 0) is 37.3 Å². The number of hydrogen-bond acceptors (Lipinski definition) is 3. The van der Waals surface area contributed by atoms with Gasteiger partial charge < -0.3 is 15.5 Å². The number of fused-ring (bicyclic) bond motifs is 2. The van der Waals surface area contributed by atoms with Crippen molar-refractivity contribution in [2.24, 2.45) is 5.92 Å². The van der Waals surface area contributed by atoms with Crippen LogP contribution in [-0.4, -0.2) is 47.9 Å². The first-order valence-electron chi connectivity index (χ1n) is 9.06. The number of halogens is 1. The van der Waals surface area contributed by atoms with Crippen LogP contribution in [0.1, 0.15) is 43.5 Å². The Kier molecular flexibility index (Phi) is 5.37. The third kappa shape index (κ3) is 4.00. The van der Waals surface area contributed by atoms with Crippen LogP contribution >= 0.6 is 0 Å². The number of rotatable bonds is 4. The summed E-state index contributed by atoms with van der Waals surface area (Å²) in [6.07, 6.45) is 3.20. The lowest BCUT2D eigenvalue weighted by Gasteiger charge is -2.30. The molecule has 2 saturated heterocycles. The van der Waals surface area contributed by atoms with Gasteiger partial charge in [0.25, 0.3) is 5.91 Å². The van der Waals surface area contributed by atoms with Crippen molar-refractivity contribution in [3.63, 3.8) is 0 Å². The Labute approximate surface area is 148 Å². The summed E-state index contributed by atoms with van der Waals surface area (Å²) in [7, 11) is 0. The fourth-order valence-corrected chi connectivity index (χ4v) is 3.72. The van der Waals surface area contributed by atoms with E-state index < -0.39 is 17.8 Å². The Morgan fingerprint density at radius 3 is 2.64 bits per heavy atom. The monoisotopic (exact) mass is 347 g/mol. The zero-order chi connectivity index (χ0) is 18.0. The molecule has 2 aliphatic rings. The number of likely N-dealkylation sites (tertiary alicyclic amines) is 1. The van der Waals surface area contributed by atoms with Crippen molar-refractivity contribution in [1.82, 2.24) is 15.5 Å². The first kappa shape index (κ1) is 17.9. The summed E-state index contributed by atoms with van der Waals surface area (Å²) in [4.78, 5) is 27.3. The van der Waals surface area contributed by atoms with Crippen LogP contribution in [0.5, 0.6) is 0 Å². The summed E-state index contributed by atoms with van der Waals surface area (Å²) in [6, 6.07) is 6.01. The van der Waals surface area contributed by atoms with E-state index in [0.29, 0.717) is 25.2 Å². The molecule has 2 N–H and O–H groups in total. The molecule has 2 amide bonds. The summed E-state index contributed by atoms with van der Waals surface area (Å²) in [6.45, 7) is 5.17. The number of benzene rings is 1. The second kappa shape index (κ2) is 7.52. The number of nitrogens with zero attached hydrogens (tertiary/aromatic N) is 1. The fourth-order valence-electron chi connectivity index (χ4n) is 3.72. The second-order valence-corrected chi connectivity index (χ2v) is 7.39. The average Bonchev–Trinajstić information content (AvgIpc) is 2.91. The van der Waals surface area contributed by atoms with Crippen LogP contribution in [0.2, 0.25) is 0 Å². The lowest BCUT2D eigenvalue weighted by atomic mass is 10.0. The van der Waals surface area contributed by atoms with Crippen LogP contribution in [-0.2, 0) is 4.79 Å². The van der Waals surface area contributed by atoms with Crippen LogP contribution in [0.3, 0.4) is 0 Å². The molecule has 136 valence electrons. The number of nitrogens with one attached hydrogen (secondary N) is 2. The zero-order valence-electron chi connectivity index (χ0n) is 14.8. The van der Waals surface area contributed by atoms with E-state index in [2.05, 4.69) is 10.6 Å². The highest BCUT2D eigenvalue weighted by molar-refractivity contribution is 5.97. The van der Waals surface area contributed by atoms with Crippen molar-refractivity contribution < 1.29 is 14.0 Å². The molecule has 6 heteroatoms. The lowest BCUT2D eigenvalue weighted by Crippen LogP contribution is -2.53. The van der Waals surface area contributed by atoms with Crippen molar-refractivity contribution in [2.45, 2.75) is 51.2 Å². The molecule has 3 atom stereocenters. The molecule has 3 rings (SSSR count). The minimum absolute atomic E-state index is 0.0301. The van der Waals surface area contributed by atoms with Crippen LogP contribution in [0.15, 0.2) is 24.3 Å². The van der Waals surface area contributed by atoms with E-state index in [4.69, 9.17) is 0 Å². The molecular weight excluding hydrogens is 321 g/mol. The first-order chi connectivity index (χ1) is 12.0. The molecule has 2 fully saturated rings. The first-order valence-corrected chi connectivity index (χ1v) is 9.06. The molecule has 0 spiro atoms. The van der Waals surface area contributed by atoms with E-state index in [0.717, 1.165) is 12.8 Å². The fraction of sp³-hybridized carbons (Fsp3) is 0.579. The molecular formula is C19H26FN3O2. The van der Waals surface area contributed by atoms with Gasteiger partial charge >= 0.3 is 0 Å². The molecule has 25 heavy (non-hydrogen) atoms. The quantitative estimate of drug-likeness (QED) is 0.875. The molecule has 2 aliphatic heterocycles. The molecule has 0 aromatic heterocycles. The normalized spacial score (nSPS) is 24.1. The summed E-state index contributed by atoms with van der Waals surface area (Å²) in [5, 5.41) is 6.29. The van der Waals surface area contributed by atoms with Crippen molar-refractivity contribution in [1.29, 1.82) is 0 Å². The third-order valence-electron chi connectivity index (χ3n) is 5.17. The van der Waals surface area contributed by atoms with Gasteiger partial charge in [0.15, 0.2) is 0 Å². The van der Waals surface area contributed by atoms with Crippen molar-refractivity contribution >= 4 is 11.8 Å². The minimum atomic E-state index is -0.649. The highest BCUT2D eigenvalue weighted by Crippen LogP contribution is 2.21.